The van der Waals surface area contributed by atoms with Crippen LogP contribution in [0.1, 0.15) is 0 Å². The van der Waals surface area contributed by atoms with Crippen LogP contribution >= 0.6 is 0 Å². The topological polar surface area (TPSA) is 95.4 Å². The van der Waals surface area contributed by atoms with Crippen molar-refractivity contribution in [1.29, 1.82) is 0 Å². The van der Waals surface area contributed by atoms with Crippen LogP contribution < -0.4 is 4.90 Å². The van der Waals surface area contributed by atoms with Crippen LogP contribution in [0.3, 0.4) is 0 Å². The molecule has 9 aromatic carbocycles. The van der Waals surface area contributed by atoms with Crippen molar-refractivity contribution in [2.24, 2.45) is 21.1 Å². The molecular formula is C49H34N10. The lowest BCUT2D eigenvalue weighted by Crippen LogP contribution is -2.12. The molecule has 0 spiro atoms. The van der Waals surface area contributed by atoms with E-state index in [0.29, 0.717) is 0 Å². The fourth-order valence-corrected chi connectivity index (χ4v) is 9.01. The SMILES string of the molecule is Cn1nc2cccc(N(c3ccc(-c4ccc5ccc6ccccc6c5c4)c4nn(C)nc34)c3ccc(-c4cccc5c4ccc4ccccc45)c4nn(C)nc34)c2n1. The molecule has 280 valence electrons. The first-order valence-corrected chi connectivity index (χ1v) is 19.6. The number of hydrogen-bond acceptors (Lipinski definition) is 7. The molecule has 0 saturated heterocycles. The maximum absolute atomic E-state index is 5.07. The maximum Gasteiger partial charge on any atom is 0.137 e. The highest BCUT2D eigenvalue weighted by Crippen LogP contribution is 2.47. The molecule has 0 aliphatic heterocycles. The van der Waals surface area contributed by atoms with E-state index < -0.39 is 0 Å². The molecule has 0 saturated carbocycles. The monoisotopic (exact) mass is 762 g/mol. The highest BCUT2D eigenvalue weighted by molar-refractivity contribution is 6.16. The second-order valence-corrected chi connectivity index (χ2v) is 15.1. The molecule has 0 N–H and O–H groups in total. The smallest absolute Gasteiger partial charge is 0.137 e. The lowest BCUT2D eigenvalue weighted by Gasteiger charge is -2.26. The number of anilines is 3. The Morgan fingerprint density at radius 1 is 0.339 bits per heavy atom. The second kappa shape index (κ2) is 12.5. The van der Waals surface area contributed by atoms with Gasteiger partial charge in [0, 0.05) is 32.3 Å². The Morgan fingerprint density at radius 3 is 1.61 bits per heavy atom. The fourth-order valence-electron chi connectivity index (χ4n) is 9.01. The second-order valence-electron chi connectivity index (χ2n) is 15.1. The van der Waals surface area contributed by atoms with Gasteiger partial charge in [-0.2, -0.15) is 45.0 Å². The summed E-state index contributed by atoms with van der Waals surface area (Å²) in [6.45, 7) is 0. The van der Waals surface area contributed by atoms with Gasteiger partial charge in [0.25, 0.3) is 0 Å². The van der Waals surface area contributed by atoms with Crippen molar-refractivity contribution >= 4 is 93.3 Å². The Kier molecular flexibility index (Phi) is 7.04. The van der Waals surface area contributed by atoms with Gasteiger partial charge in [-0.25, -0.2) is 0 Å². The van der Waals surface area contributed by atoms with Crippen molar-refractivity contribution in [2.45, 2.75) is 0 Å². The van der Waals surface area contributed by atoms with Crippen LogP contribution in [0, 0.1) is 0 Å². The molecular weight excluding hydrogens is 729 g/mol. The number of benzene rings is 9. The summed E-state index contributed by atoms with van der Waals surface area (Å²) in [6, 6.07) is 53.7. The Balaban J connectivity index is 1.10. The zero-order chi connectivity index (χ0) is 39.4. The summed E-state index contributed by atoms with van der Waals surface area (Å²) in [5, 5.41) is 39.4. The van der Waals surface area contributed by atoms with E-state index in [-0.39, 0.29) is 0 Å². The first-order valence-electron chi connectivity index (χ1n) is 19.6. The van der Waals surface area contributed by atoms with Crippen molar-refractivity contribution in [3.05, 3.63) is 152 Å². The van der Waals surface area contributed by atoms with Crippen molar-refractivity contribution < 1.29 is 0 Å². The number of aromatic nitrogens is 9. The lowest BCUT2D eigenvalue weighted by molar-refractivity contribution is 0.665. The predicted octanol–water partition coefficient (Wildman–Crippen LogP) is 10.9. The molecule has 3 aromatic heterocycles. The van der Waals surface area contributed by atoms with E-state index in [1.165, 1.54) is 37.7 Å². The van der Waals surface area contributed by atoms with Crippen LogP contribution in [0.4, 0.5) is 17.1 Å². The number of aryl methyl sites for hydroxylation is 3. The molecule has 0 aliphatic rings. The van der Waals surface area contributed by atoms with Crippen LogP contribution in [-0.4, -0.2) is 45.0 Å². The summed E-state index contributed by atoms with van der Waals surface area (Å²) in [5.41, 5.74) is 11.2. The van der Waals surface area contributed by atoms with Crippen molar-refractivity contribution in [2.75, 3.05) is 4.90 Å². The minimum absolute atomic E-state index is 0.742. The Bertz CT molecular complexity index is 3690. The first-order chi connectivity index (χ1) is 29.0. The molecule has 3 heterocycles. The van der Waals surface area contributed by atoms with Crippen molar-refractivity contribution in [3.8, 4) is 22.3 Å². The molecule has 10 nitrogen and oxygen atoms in total. The third kappa shape index (κ3) is 5.06. The van der Waals surface area contributed by atoms with E-state index >= 15 is 0 Å². The predicted molar refractivity (Wildman–Crippen MR) is 238 cm³/mol. The Hall–Kier alpha value is -7.98. The summed E-state index contributed by atoms with van der Waals surface area (Å²) in [7, 11) is 5.60. The summed E-state index contributed by atoms with van der Waals surface area (Å²) in [5.74, 6) is 0. The van der Waals surface area contributed by atoms with Crippen LogP contribution in [0.2, 0.25) is 0 Å². The largest absolute Gasteiger partial charge is 0.304 e. The standard InChI is InChI=1S/C49H34N10/c1-56-50-41-16-9-17-42(47(41)53-56)59(43-26-24-35(45-48(43)54-57(2)51-45)32-21-20-31-19-18-29-10-5-7-13-34(29)40(31)28-32)44-27-25-39(46-49(44)55-58(3)52-46)37-15-8-14-36-33-12-6-4-11-30(33)22-23-38(36)37/h4-28H,1-3H3. The van der Waals surface area contributed by atoms with Crippen LogP contribution in [0.15, 0.2) is 152 Å². The molecule has 0 radical (unpaired) electrons. The minimum atomic E-state index is 0.742. The number of rotatable bonds is 5. The van der Waals surface area contributed by atoms with Gasteiger partial charge in [-0.3, -0.25) is 0 Å². The molecule has 59 heavy (non-hydrogen) atoms. The fraction of sp³-hybridized carbons (Fsp3) is 0.0612. The average Bonchev–Trinajstić information content (AvgIpc) is 3.98. The van der Waals surface area contributed by atoms with E-state index in [1.54, 1.807) is 14.4 Å². The zero-order valence-electron chi connectivity index (χ0n) is 32.4. The zero-order valence-corrected chi connectivity index (χ0v) is 32.4. The quantitative estimate of drug-likeness (QED) is 0.161. The minimum Gasteiger partial charge on any atom is -0.304 e. The molecule has 0 unspecified atom stereocenters. The van der Waals surface area contributed by atoms with Gasteiger partial charge in [0.1, 0.15) is 33.1 Å². The first kappa shape index (κ1) is 33.2. The van der Waals surface area contributed by atoms with Crippen LogP contribution in [0.25, 0.3) is 98.4 Å². The molecule has 0 fully saturated rings. The summed E-state index contributed by atoms with van der Waals surface area (Å²) in [6.07, 6.45) is 0. The molecule has 12 aromatic rings. The lowest BCUT2D eigenvalue weighted by atomic mass is 9.93. The molecule has 12 rings (SSSR count). The van der Waals surface area contributed by atoms with Gasteiger partial charge >= 0.3 is 0 Å². The van der Waals surface area contributed by atoms with Gasteiger partial charge in [-0.05, 0) is 96.7 Å². The maximum atomic E-state index is 5.07. The average molecular weight is 763 g/mol. The normalized spacial score (nSPS) is 12.0. The number of nitrogens with zero attached hydrogens (tertiary/aromatic N) is 10. The third-order valence-electron chi connectivity index (χ3n) is 11.6. The van der Waals surface area contributed by atoms with E-state index in [2.05, 4.69) is 144 Å². The van der Waals surface area contributed by atoms with Crippen LogP contribution in [-0.2, 0) is 21.1 Å². The summed E-state index contributed by atoms with van der Waals surface area (Å²) < 4.78 is 0. The van der Waals surface area contributed by atoms with E-state index in [1.807, 2.05) is 33.3 Å². The van der Waals surface area contributed by atoms with Gasteiger partial charge in [-0.15, -0.1) is 0 Å². The molecule has 0 bridgehead atoms. The van der Waals surface area contributed by atoms with E-state index in [0.717, 1.165) is 77.8 Å². The number of fused-ring (bicyclic) bond motifs is 9. The highest BCUT2D eigenvalue weighted by Gasteiger charge is 2.27. The van der Waals surface area contributed by atoms with E-state index in [4.69, 9.17) is 30.6 Å². The Labute approximate surface area is 337 Å². The Morgan fingerprint density at radius 2 is 0.864 bits per heavy atom. The van der Waals surface area contributed by atoms with Gasteiger partial charge in [-0.1, -0.05) is 109 Å². The number of hydrogen-bond donors (Lipinski definition) is 0. The van der Waals surface area contributed by atoms with Gasteiger partial charge in [0.15, 0.2) is 0 Å². The van der Waals surface area contributed by atoms with Gasteiger partial charge < -0.3 is 4.90 Å². The third-order valence-corrected chi connectivity index (χ3v) is 11.6. The molecule has 0 aliphatic carbocycles. The van der Waals surface area contributed by atoms with Gasteiger partial charge in [0.2, 0.25) is 0 Å². The van der Waals surface area contributed by atoms with Crippen LogP contribution in [0.5, 0.6) is 0 Å². The molecule has 10 heteroatoms. The van der Waals surface area contributed by atoms with Crippen molar-refractivity contribution in [3.63, 3.8) is 0 Å². The highest BCUT2D eigenvalue weighted by atomic mass is 15.5. The van der Waals surface area contributed by atoms with E-state index in [9.17, 15) is 0 Å². The summed E-state index contributed by atoms with van der Waals surface area (Å²) in [4.78, 5) is 7.12. The summed E-state index contributed by atoms with van der Waals surface area (Å²) >= 11 is 0. The molecule has 0 amide bonds. The van der Waals surface area contributed by atoms with Gasteiger partial charge in [0.05, 0.1) is 17.1 Å². The molecule has 0 atom stereocenters. The van der Waals surface area contributed by atoms with Crippen molar-refractivity contribution in [1.82, 2.24) is 45.0 Å².